The molecule has 2 heterocycles. The maximum atomic E-state index is 12.5. The summed E-state index contributed by atoms with van der Waals surface area (Å²) in [5.41, 5.74) is 2.74. The summed E-state index contributed by atoms with van der Waals surface area (Å²) in [5.74, 6) is -1.39. The molecule has 4 rings (SSSR count). The lowest BCUT2D eigenvalue weighted by molar-refractivity contribution is -0.119. The van der Waals surface area contributed by atoms with Crippen LogP contribution in [0.2, 0.25) is 5.15 Å². The zero-order valence-corrected chi connectivity index (χ0v) is 19.4. The fourth-order valence-corrected chi connectivity index (χ4v) is 5.41. The number of rotatable bonds is 6. The lowest BCUT2D eigenvalue weighted by Crippen LogP contribution is -2.22. The van der Waals surface area contributed by atoms with E-state index in [0.717, 1.165) is 23.3 Å². The van der Waals surface area contributed by atoms with E-state index >= 15 is 0 Å². The second-order valence-electron chi connectivity index (χ2n) is 7.54. The van der Waals surface area contributed by atoms with Crippen LogP contribution in [0.25, 0.3) is 0 Å². The minimum absolute atomic E-state index is 0.148. The number of benzene rings is 1. The third-order valence-electron chi connectivity index (χ3n) is 5.48. The molecule has 1 amide bonds. The van der Waals surface area contributed by atoms with Crippen LogP contribution in [0.5, 0.6) is 0 Å². The van der Waals surface area contributed by atoms with Crippen LogP contribution in [-0.4, -0.2) is 36.5 Å². The predicted molar refractivity (Wildman–Crippen MR) is 125 cm³/mol. The van der Waals surface area contributed by atoms with Crippen molar-refractivity contribution in [1.82, 2.24) is 4.98 Å². The van der Waals surface area contributed by atoms with Gasteiger partial charge in [0.25, 0.3) is 5.91 Å². The van der Waals surface area contributed by atoms with Crippen molar-refractivity contribution < 1.29 is 23.9 Å². The van der Waals surface area contributed by atoms with Crippen LogP contribution in [-0.2, 0) is 27.1 Å². The quantitative estimate of drug-likeness (QED) is 0.404. The van der Waals surface area contributed by atoms with E-state index in [2.05, 4.69) is 22.4 Å². The highest BCUT2D eigenvalue weighted by Gasteiger charge is 2.30. The van der Waals surface area contributed by atoms with Crippen molar-refractivity contribution in [1.29, 1.82) is 0 Å². The van der Waals surface area contributed by atoms with Crippen molar-refractivity contribution in [3.63, 3.8) is 0 Å². The lowest BCUT2D eigenvalue weighted by Gasteiger charge is -2.22. The smallest absolute Gasteiger partial charge is 0.341 e. The largest absolute Gasteiger partial charge is 0.465 e. The van der Waals surface area contributed by atoms with Crippen molar-refractivity contribution in [3.8, 4) is 0 Å². The maximum absolute atomic E-state index is 12.5. The van der Waals surface area contributed by atoms with Crippen LogP contribution in [0, 0.1) is 0 Å². The maximum Gasteiger partial charge on any atom is 0.341 e. The normalized spacial score (nSPS) is 14.8. The number of methoxy groups -OCH3 is 1. The van der Waals surface area contributed by atoms with Crippen LogP contribution in [0.1, 0.15) is 49.1 Å². The van der Waals surface area contributed by atoms with Crippen molar-refractivity contribution in [3.05, 3.63) is 80.9 Å². The molecule has 0 radical (unpaired) electrons. The van der Waals surface area contributed by atoms with Crippen molar-refractivity contribution in [2.75, 3.05) is 19.0 Å². The van der Waals surface area contributed by atoms with Crippen LogP contribution in [0.4, 0.5) is 5.00 Å². The summed E-state index contributed by atoms with van der Waals surface area (Å²) in [7, 11) is 1.31. The molecule has 3 aromatic rings. The molecule has 0 saturated carbocycles. The minimum Gasteiger partial charge on any atom is -0.465 e. The van der Waals surface area contributed by atoms with Gasteiger partial charge in [-0.25, -0.2) is 14.6 Å². The van der Waals surface area contributed by atoms with Gasteiger partial charge in [-0.2, -0.15) is 0 Å². The van der Waals surface area contributed by atoms with Gasteiger partial charge in [-0.15, -0.1) is 11.3 Å². The summed E-state index contributed by atoms with van der Waals surface area (Å²) in [6.07, 6.45) is 3.77. The van der Waals surface area contributed by atoms with E-state index < -0.39 is 24.5 Å². The fraction of sp³-hybridized carbons (Fsp3) is 0.250. The Balaban J connectivity index is 1.48. The SMILES string of the molecule is COC(=O)c1c(NC(=O)COC(=O)c2ccnc(Cl)c2)sc2c1CCC(c1ccccc1)C2. The summed E-state index contributed by atoms with van der Waals surface area (Å²) in [6.45, 7) is -0.505. The summed E-state index contributed by atoms with van der Waals surface area (Å²) >= 11 is 7.14. The van der Waals surface area contributed by atoms with Gasteiger partial charge in [-0.05, 0) is 48.4 Å². The van der Waals surface area contributed by atoms with Gasteiger partial charge in [0, 0.05) is 11.1 Å². The van der Waals surface area contributed by atoms with Gasteiger partial charge in [0.2, 0.25) is 0 Å². The average molecular weight is 485 g/mol. The monoisotopic (exact) mass is 484 g/mol. The second-order valence-corrected chi connectivity index (χ2v) is 9.03. The number of pyridine rings is 1. The molecule has 0 fully saturated rings. The number of amides is 1. The first-order valence-electron chi connectivity index (χ1n) is 10.3. The fourth-order valence-electron chi connectivity index (χ4n) is 3.91. The molecule has 1 aliphatic carbocycles. The summed E-state index contributed by atoms with van der Waals surface area (Å²) < 4.78 is 10.0. The summed E-state index contributed by atoms with van der Waals surface area (Å²) in [5, 5.41) is 3.28. The number of aromatic nitrogens is 1. The number of carbonyl (C=O) groups excluding carboxylic acids is 3. The number of halogens is 1. The Bertz CT molecular complexity index is 1190. The molecule has 2 aromatic heterocycles. The highest BCUT2D eigenvalue weighted by atomic mass is 35.5. The molecule has 1 atom stereocenters. The highest BCUT2D eigenvalue weighted by Crippen LogP contribution is 2.42. The molecule has 0 spiro atoms. The van der Waals surface area contributed by atoms with Crippen molar-refractivity contribution >= 4 is 45.8 Å². The van der Waals surface area contributed by atoms with Gasteiger partial charge in [0.15, 0.2) is 6.61 Å². The predicted octanol–water partition coefficient (Wildman–Crippen LogP) is 4.65. The Labute approximate surface area is 199 Å². The number of carbonyl (C=O) groups is 3. The number of anilines is 1. The van der Waals surface area contributed by atoms with Crippen LogP contribution in [0.3, 0.4) is 0 Å². The lowest BCUT2D eigenvalue weighted by atomic mass is 9.83. The Morgan fingerprint density at radius 2 is 1.97 bits per heavy atom. The molecule has 1 N–H and O–H groups in total. The molecule has 1 aliphatic rings. The van der Waals surface area contributed by atoms with Gasteiger partial charge in [-0.1, -0.05) is 41.9 Å². The molecule has 7 nitrogen and oxygen atoms in total. The first kappa shape index (κ1) is 22.9. The molecule has 9 heteroatoms. The number of nitrogens with zero attached hydrogens (tertiary/aromatic N) is 1. The number of fused-ring (bicyclic) bond motifs is 1. The molecule has 0 aliphatic heterocycles. The number of hydrogen-bond acceptors (Lipinski definition) is 7. The van der Waals surface area contributed by atoms with E-state index in [0.29, 0.717) is 22.9 Å². The number of thiophene rings is 1. The topological polar surface area (TPSA) is 94.6 Å². The third-order valence-corrected chi connectivity index (χ3v) is 6.85. The average Bonchev–Trinajstić information content (AvgIpc) is 3.19. The minimum atomic E-state index is -0.696. The standard InChI is InChI=1S/C24H21ClN2O5S/c1-31-24(30)21-17-8-7-15(14-5-3-2-4-6-14)11-18(17)33-22(21)27-20(28)13-32-23(29)16-9-10-26-19(25)12-16/h2-6,9-10,12,15H,7-8,11,13H2,1H3,(H,27,28). The van der Waals surface area contributed by atoms with E-state index in [-0.39, 0.29) is 10.7 Å². The Kier molecular flexibility index (Phi) is 7.05. The van der Waals surface area contributed by atoms with Crippen LogP contribution >= 0.6 is 22.9 Å². The number of nitrogens with one attached hydrogen (secondary N) is 1. The van der Waals surface area contributed by atoms with E-state index in [9.17, 15) is 14.4 Å². The summed E-state index contributed by atoms with van der Waals surface area (Å²) in [4.78, 5) is 42.0. The molecule has 1 unspecified atom stereocenters. The van der Waals surface area contributed by atoms with Crippen LogP contribution in [0.15, 0.2) is 48.7 Å². The zero-order valence-electron chi connectivity index (χ0n) is 17.8. The Morgan fingerprint density at radius 1 is 1.18 bits per heavy atom. The molecule has 1 aromatic carbocycles. The highest BCUT2D eigenvalue weighted by molar-refractivity contribution is 7.17. The van der Waals surface area contributed by atoms with Gasteiger partial charge < -0.3 is 14.8 Å². The second kappa shape index (κ2) is 10.1. The van der Waals surface area contributed by atoms with Crippen molar-refractivity contribution in [2.45, 2.75) is 25.2 Å². The molecular weight excluding hydrogens is 464 g/mol. The first-order valence-corrected chi connectivity index (χ1v) is 11.5. The van der Waals surface area contributed by atoms with Gasteiger partial charge in [0.05, 0.1) is 18.2 Å². The molecule has 0 saturated heterocycles. The molecular formula is C24H21ClN2O5S. The van der Waals surface area contributed by atoms with E-state index in [4.69, 9.17) is 21.1 Å². The van der Waals surface area contributed by atoms with Crippen molar-refractivity contribution in [2.24, 2.45) is 0 Å². The molecule has 33 heavy (non-hydrogen) atoms. The summed E-state index contributed by atoms with van der Waals surface area (Å²) in [6, 6.07) is 13.0. The zero-order chi connectivity index (χ0) is 23.4. The van der Waals surface area contributed by atoms with Gasteiger partial charge in [-0.3, -0.25) is 4.79 Å². The number of esters is 2. The van der Waals surface area contributed by atoms with E-state index in [1.54, 1.807) is 0 Å². The van der Waals surface area contributed by atoms with E-state index in [1.165, 1.54) is 42.3 Å². The Hall–Kier alpha value is -3.23. The van der Waals surface area contributed by atoms with Crippen LogP contribution < -0.4 is 5.32 Å². The number of ether oxygens (including phenoxy) is 2. The Morgan fingerprint density at radius 3 is 2.70 bits per heavy atom. The van der Waals surface area contributed by atoms with E-state index in [1.807, 2.05) is 18.2 Å². The van der Waals surface area contributed by atoms with Gasteiger partial charge in [0.1, 0.15) is 10.2 Å². The third kappa shape index (κ3) is 5.23. The number of hydrogen-bond donors (Lipinski definition) is 1. The molecule has 0 bridgehead atoms. The first-order chi connectivity index (χ1) is 16.0. The molecule has 170 valence electrons. The van der Waals surface area contributed by atoms with Gasteiger partial charge >= 0.3 is 11.9 Å².